The van der Waals surface area contributed by atoms with E-state index in [4.69, 9.17) is 8.97 Å². The van der Waals surface area contributed by atoms with Gasteiger partial charge in [-0.2, -0.15) is 13.6 Å². The molecular weight excluding hydrogens is 194 g/mol. The fourth-order valence-electron chi connectivity index (χ4n) is 1.30. The van der Waals surface area contributed by atoms with Crippen LogP contribution in [0.4, 0.5) is 0 Å². The minimum absolute atomic E-state index is 0.0221. The Morgan fingerprint density at radius 1 is 1.77 bits per heavy atom. The molecule has 2 atom stereocenters. The molecule has 0 radical (unpaired) electrons. The third-order valence-corrected chi connectivity index (χ3v) is 2.32. The van der Waals surface area contributed by atoms with Crippen LogP contribution in [0.1, 0.15) is 18.2 Å². The van der Waals surface area contributed by atoms with Crippen molar-refractivity contribution in [2.75, 3.05) is 6.54 Å². The van der Waals surface area contributed by atoms with Crippen LogP contribution in [-0.4, -0.2) is 20.4 Å². The van der Waals surface area contributed by atoms with Crippen LogP contribution in [0, 0.1) is 0 Å². The van der Waals surface area contributed by atoms with Gasteiger partial charge in [0.25, 0.3) is 0 Å². The second-order valence-electron chi connectivity index (χ2n) is 2.75. The van der Waals surface area contributed by atoms with Gasteiger partial charge in [0.1, 0.15) is 5.76 Å². The molecule has 0 saturated carbocycles. The van der Waals surface area contributed by atoms with E-state index in [-0.39, 0.29) is 6.04 Å². The van der Waals surface area contributed by atoms with E-state index in [1.54, 1.807) is 12.3 Å². The maximum Gasteiger partial charge on any atom is 0.319 e. The lowest BCUT2D eigenvalue weighted by Gasteiger charge is -2.35. The lowest BCUT2D eigenvalue weighted by atomic mass is 10.0. The van der Waals surface area contributed by atoms with Gasteiger partial charge in [0, 0.05) is 6.54 Å². The van der Waals surface area contributed by atoms with Gasteiger partial charge in [0.15, 0.2) is 0 Å². The first-order valence-corrected chi connectivity index (χ1v) is 4.90. The number of nitrogens with zero attached hydrogens (tertiary/aromatic N) is 1. The van der Waals surface area contributed by atoms with E-state index in [1.165, 1.54) is 5.06 Å². The fraction of sp³-hybridized carbons (Fsp3) is 0.429. The predicted octanol–water partition coefficient (Wildman–Crippen LogP) is 1.09. The molecule has 2 heterocycles. The highest BCUT2D eigenvalue weighted by Gasteiger charge is 2.34. The van der Waals surface area contributed by atoms with Gasteiger partial charge in [-0.15, -0.1) is 0 Å². The first-order chi connectivity index (χ1) is 6.27. The van der Waals surface area contributed by atoms with E-state index in [1.807, 2.05) is 6.07 Å². The first-order valence-electron chi connectivity index (χ1n) is 3.86. The highest BCUT2D eigenvalue weighted by molar-refractivity contribution is 7.74. The molecule has 0 aliphatic carbocycles. The van der Waals surface area contributed by atoms with Crippen molar-refractivity contribution in [2.45, 2.75) is 12.5 Å². The lowest BCUT2D eigenvalue weighted by molar-refractivity contribution is -0.157. The van der Waals surface area contributed by atoms with Gasteiger partial charge in [-0.25, -0.2) is 0 Å². The minimum atomic E-state index is -2.24. The SMILES string of the molecule is O=S(O)ON1CCC1c1ccco1. The van der Waals surface area contributed by atoms with Crippen LogP contribution in [0.15, 0.2) is 22.8 Å². The van der Waals surface area contributed by atoms with Gasteiger partial charge in [-0.3, -0.25) is 4.55 Å². The molecule has 0 bridgehead atoms. The Bertz CT molecular complexity index is 299. The van der Waals surface area contributed by atoms with E-state index in [0.29, 0.717) is 6.54 Å². The Hall–Kier alpha value is -0.690. The highest BCUT2D eigenvalue weighted by Crippen LogP contribution is 2.33. The zero-order valence-electron chi connectivity index (χ0n) is 6.75. The van der Waals surface area contributed by atoms with Crippen molar-refractivity contribution in [3.63, 3.8) is 0 Å². The second kappa shape index (κ2) is 3.59. The molecule has 5 nitrogen and oxygen atoms in total. The summed E-state index contributed by atoms with van der Waals surface area (Å²) in [5, 5.41) is 1.44. The summed E-state index contributed by atoms with van der Waals surface area (Å²) in [6.07, 6.45) is 2.45. The Kier molecular flexibility index (Phi) is 2.45. The molecule has 1 aromatic heterocycles. The number of hydrogen-bond acceptors (Lipinski definition) is 4. The van der Waals surface area contributed by atoms with Crippen molar-refractivity contribution in [3.8, 4) is 0 Å². The molecule has 1 aliphatic heterocycles. The molecule has 6 heteroatoms. The average molecular weight is 203 g/mol. The van der Waals surface area contributed by atoms with Crippen LogP contribution in [0.3, 0.4) is 0 Å². The zero-order chi connectivity index (χ0) is 9.26. The van der Waals surface area contributed by atoms with Crippen LogP contribution >= 0.6 is 0 Å². The number of hydroxylamine groups is 2. The summed E-state index contributed by atoms with van der Waals surface area (Å²) in [4.78, 5) is 0. The van der Waals surface area contributed by atoms with Gasteiger partial charge in [0.05, 0.1) is 12.3 Å². The molecule has 0 spiro atoms. The topological polar surface area (TPSA) is 62.9 Å². The summed E-state index contributed by atoms with van der Waals surface area (Å²) < 4.78 is 28.6. The molecule has 1 fully saturated rings. The van der Waals surface area contributed by atoms with Crippen molar-refractivity contribution in [1.82, 2.24) is 5.06 Å². The highest BCUT2D eigenvalue weighted by atomic mass is 32.2. The van der Waals surface area contributed by atoms with Crippen LogP contribution in [0.2, 0.25) is 0 Å². The van der Waals surface area contributed by atoms with Gasteiger partial charge in [-0.1, -0.05) is 0 Å². The summed E-state index contributed by atoms with van der Waals surface area (Å²) in [5.41, 5.74) is 0. The number of rotatable bonds is 3. The number of furan rings is 1. The van der Waals surface area contributed by atoms with Crippen LogP contribution in [0.5, 0.6) is 0 Å². The largest absolute Gasteiger partial charge is 0.468 e. The van der Waals surface area contributed by atoms with E-state index in [2.05, 4.69) is 4.28 Å². The van der Waals surface area contributed by atoms with Gasteiger partial charge in [-0.05, 0) is 18.6 Å². The third-order valence-electron chi connectivity index (χ3n) is 2.00. The van der Waals surface area contributed by atoms with Crippen LogP contribution in [-0.2, 0) is 15.6 Å². The normalized spacial score (nSPS) is 25.5. The second-order valence-corrected chi connectivity index (χ2v) is 3.34. The average Bonchev–Trinajstić information content (AvgIpc) is 2.51. The van der Waals surface area contributed by atoms with Gasteiger partial charge in [0.2, 0.25) is 0 Å². The van der Waals surface area contributed by atoms with E-state index in [0.717, 1.165) is 12.2 Å². The number of hydrogen-bond donors (Lipinski definition) is 1. The Labute approximate surface area is 77.7 Å². The predicted molar refractivity (Wildman–Crippen MR) is 44.6 cm³/mol. The standard InChI is InChI=1S/C7H9NO4S/c9-13(10)12-8-4-3-6(8)7-2-1-5-11-7/h1-2,5-6H,3-4H2,(H,9,10). The molecule has 1 aliphatic rings. The molecule has 0 amide bonds. The fourth-order valence-corrected chi connectivity index (χ4v) is 1.64. The molecular formula is C7H9NO4S. The van der Waals surface area contributed by atoms with Crippen molar-refractivity contribution in [2.24, 2.45) is 0 Å². The Morgan fingerprint density at radius 3 is 3.08 bits per heavy atom. The Balaban J connectivity index is 1.99. The third kappa shape index (κ3) is 1.80. The molecule has 2 unspecified atom stereocenters. The molecule has 1 saturated heterocycles. The summed E-state index contributed by atoms with van der Waals surface area (Å²) in [6, 6.07) is 3.58. The van der Waals surface area contributed by atoms with Gasteiger partial charge >= 0.3 is 11.4 Å². The van der Waals surface area contributed by atoms with E-state index >= 15 is 0 Å². The molecule has 1 N–H and O–H groups in total. The quantitative estimate of drug-likeness (QED) is 0.745. The molecule has 1 aromatic rings. The van der Waals surface area contributed by atoms with Crippen molar-refractivity contribution in [3.05, 3.63) is 24.2 Å². The summed E-state index contributed by atoms with van der Waals surface area (Å²) in [5.74, 6) is 0.761. The smallest absolute Gasteiger partial charge is 0.319 e. The maximum atomic E-state index is 10.3. The van der Waals surface area contributed by atoms with Crippen LogP contribution in [0.25, 0.3) is 0 Å². The van der Waals surface area contributed by atoms with E-state index in [9.17, 15) is 4.21 Å². The van der Waals surface area contributed by atoms with Crippen molar-refractivity contribution in [1.29, 1.82) is 0 Å². The maximum absolute atomic E-state index is 10.3. The van der Waals surface area contributed by atoms with Crippen molar-refractivity contribution >= 4 is 11.4 Å². The first kappa shape index (κ1) is 8.89. The van der Waals surface area contributed by atoms with Gasteiger partial charge < -0.3 is 4.42 Å². The van der Waals surface area contributed by atoms with Crippen LogP contribution < -0.4 is 0 Å². The lowest BCUT2D eigenvalue weighted by Crippen LogP contribution is -2.40. The molecule has 72 valence electrons. The van der Waals surface area contributed by atoms with Crippen molar-refractivity contribution < 1.29 is 17.5 Å². The minimum Gasteiger partial charge on any atom is -0.468 e. The summed E-state index contributed by atoms with van der Waals surface area (Å²) in [7, 11) is 0. The summed E-state index contributed by atoms with van der Waals surface area (Å²) in [6.45, 7) is 0.650. The molecule has 13 heavy (non-hydrogen) atoms. The monoisotopic (exact) mass is 203 g/mol. The Morgan fingerprint density at radius 2 is 2.62 bits per heavy atom. The zero-order valence-corrected chi connectivity index (χ0v) is 7.57. The summed E-state index contributed by atoms with van der Waals surface area (Å²) >= 11 is -2.24. The van der Waals surface area contributed by atoms with E-state index < -0.39 is 11.4 Å². The molecule has 0 aromatic carbocycles. The molecule has 2 rings (SSSR count).